The number of piperidine rings is 2. The van der Waals surface area contributed by atoms with E-state index < -0.39 is 11.0 Å². The molecule has 1 spiro atoms. The molecule has 2 aliphatic heterocycles. The minimum atomic E-state index is -0.508. The number of hydrogen-bond donors (Lipinski definition) is 1. The number of pyridine rings is 1. The van der Waals surface area contributed by atoms with Gasteiger partial charge in [0, 0.05) is 19.6 Å². The molecule has 0 aromatic carbocycles. The Hall–Kier alpha value is -2.31. The SMILES string of the molecule is CC(C)(C)OC(=O)N1CCC2(CCCN(c3ccc(N)nc3)C2=O)CC1. The summed E-state index contributed by atoms with van der Waals surface area (Å²) in [6, 6.07) is 3.56. The summed E-state index contributed by atoms with van der Waals surface area (Å²) in [7, 11) is 0. The van der Waals surface area contributed by atoms with Gasteiger partial charge in [-0.1, -0.05) is 0 Å². The number of ether oxygens (including phenoxy) is 1. The van der Waals surface area contributed by atoms with E-state index in [4.69, 9.17) is 10.5 Å². The van der Waals surface area contributed by atoms with Crippen molar-refractivity contribution in [2.75, 3.05) is 30.3 Å². The molecule has 7 heteroatoms. The molecule has 2 amide bonds. The Morgan fingerprint density at radius 1 is 1.19 bits per heavy atom. The van der Waals surface area contributed by atoms with Gasteiger partial charge in [-0.2, -0.15) is 0 Å². The van der Waals surface area contributed by atoms with Gasteiger partial charge >= 0.3 is 6.09 Å². The summed E-state index contributed by atoms with van der Waals surface area (Å²) in [5.41, 5.74) is 5.54. The van der Waals surface area contributed by atoms with Gasteiger partial charge in [0.05, 0.1) is 17.3 Å². The van der Waals surface area contributed by atoms with E-state index in [9.17, 15) is 9.59 Å². The molecule has 3 rings (SSSR count). The van der Waals surface area contributed by atoms with Gasteiger partial charge < -0.3 is 20.3 Å². The van der Waals surface area contributed by atoms with Crippen molar-refractivity contribution < 1.29 is 14.3 Å². The smallest absolute Gasteiger partial charge is 0.410 e. The Kier molecular flexibility index (Phi) is 4.82. The number of carbonyl (C=O) groups is 2. The molecule has 0 radical (unpaired) electrons. The zero-order chi connectivity index (χ0) is 18.9. The van der Waals surface area contributed by atoms with Crippen molar-refractivity contribution in [3.8, 4) is 0 Å². The molecule has 2 fully saturated rings. The van der Waals surface area contributed by atoms with Gasteiger partial charge in [0.1, 0.15) is 11.4 Å². The number of aromatic nitrogens is 1. The maximum atomic E-state index is 13.2. The van der Waals surface area contributed by atoms with Gasteiger partial charge in [-0.15, -0.1) is 0 Å². The quantitative estimate of drug-likeness (QED) is 0.832. The third kappa shape index (κ3) is 3.76. The second-order valence-corrected chi connectivity index (χ2v) is 8.25. The monoisotopic (exact) mass is 360 g/mol. The van der Waals surface area contributed by atoms with Crippen molar-refractivity contribution in [1.82, 2.24) is 9.88 Å². The van der Waals surface area contributed by atoms with E-state index in [1.165, 1.54) is 0 Å². The molecule has 1 aromatic heterocycles. The van der Waals surface area contributed by atoms with Crippen molar-refractivity contribution in [1.29, 1.82) is 0 Å². The maximum absolute atomic E-state index is 13.2. The van der Waals surface area contributed by atoms with Crippen LogP contribution < -0.4 is 10.6 Å². The van der Waals surface area contributed by atoms with Gasteiger partial charge in [0.25, 0.3) is 0 Å². The van der Waals surface area contributed by atoms with E-state index in [0.29, 0.717) is 38.3 Å². The highest BCUT2D eigenvalue weighted by Crippen LogP contribution is 2.42. The Balaban J connectivity index is 1.68. The van der Waals surface area contributed by atoms with Crippen LogP contribution in [0.15, 0.2) is 18.3 Å². The highest BCUT2D eigenvalue weighted by molar-refractivity contribution is 5.98. The van der Waals surface area contributed by atoms with Crippen LogP contribution in [0.3, 0.4) is 0 Å². The summed E-state index contributed by atoms with van der Waals surface area (Å²) in [5.74, 6) is 0.581. The summed E-state index contributed by atoms with van der Waals surface area (Å²) in [6.07, 6.45) is 4.51. The van der Waals surface area contributed by atoms with Crippen LogP contribution in [-0.2, 0) is 9.53 Å². The molecular formula is C19H28N4O3. The van der Waals surface area contributed by atoms with Crippen molar-refractivity contribution in [2.24, 2.45) is 5.41 Å². The summed E-state index contributed by atoms with van der Waals surface area (Å²) in [6.45, 7) is 7.38. The van der Waals surface area contributed by atoms with Crippen LogP contribution in [0.5, 0.6) is 0 Å². The van der Waals surface area contributed by atoms with Crippen molar-refractivity contribution in [2.45, 2.75) is 52.1 Å². The minimum absolute atomic E-state index is 0.138. The fourth-order valence-corrected chi connectivity index (χ4v) is 3.78. The van der Waals surface area contributed by atoms with E-state index >= 15 is 0 Å². The zero-order valence-electron chi connectivity index (χ0n) is 15.8. The summed E-state index contributed by atoms with van der Waals surface area (Å²) < 4.78 is 5.45. The molecule has 0 unspecified atom stereocenters. The first-order valence-electron chi connectivity index (χ1n) is 9.22. The molecule has 2 N–H and O–H groups in total. The second kappa shape index (κ2) is 6.78. The van der Waals surface area contributed by atoms with Crippen LogP contribution in [0.25, 0.3) is 0 Å². The number of amides is 2. The number of anilines is 2. The average molecular weight is 360 g/mol. The fraction of sp³-hybridized carbons (Fsp3) is 0.632. The Morgan fingerprint density at radius 3 is 2.46 bits per heavy atom. The molecule has 26 heavy (non-hydrogen) atoms. The van der Waals surface area contributed by atoms with Crippen LogP contribution in [0, 0.1) is 5.41 Å². The first kappa shape index (κ1) is 18.5. The third-order valence-electron chi connectivity index (χ3n) is 5.19. The lowest BCUT2D eigenvalue weighted by atomic mass is 9.71. The second-order valence-electron chi connectivity index (χ2n) is 8.25. The molecule has 3 heterocycles. The van der Waals surface area contributed by atoms with E-state index in [1.807, 2.05) is 31.7 Å². The third-order valence-corrected chi connectivity index (χ3v) is 5.19. The van der Waals surface area contributed by atoms with E-state index in [2.05, 4.69) is 4.98 Å². The summed E-state index contributed by atoms with van der Waals surface area (Å²) >= 11 is 0. The van der Waals surface area contributed by atoms with E-state index in [-0.39, 0.29) is 12.0 Å². The lowest BCUT2D eigenvalue weighted by molar-refractivity contribution is -0.133. The lowest BCUT2D eigenvalue weighted by Crippen LogP contribution is -2.55. The number of nitrogen functional groups attached to an aromatic ring is 1. The van der Waals surface area contributed by atoms with Crippen LogP contribution in [0.4, 0.5) is 16.3 Å². The van der Waals surface area contributed by atoms with Gasteiger partial charge in [0.2, 0.25) is 5.91 Å². The predicted molar refractivity (Wildman–Crippen MR) is 99.7 cm³/mol. The topological polar surface area (TPSA) is 88.8 Å². The highest BCUT2D eigenvalue weighted by Gasteiger charge is 2.47. The molecular weight excluding hydrogens is 332 g/mol. The standard InChI is InChI=1S/C19H28N4O3/c1-18(2,3)26-17(25)22-11-8-19(9-12-22)7-4-10-23(16(19)24)14-5-6-15(20)21-13-14/h5-6,13H,4,7-12H2,1-3H3,(H2,20,21). The molecule has 7 nitrogen and oxygen atoms in total. The number of carbonyl (C=O) groups excluding carboxylic acids is 2. The van der Waals surface area contributed by atoms with Gasteiger partial charge in [-0.3, -0.25) is 4.79 Å². The molecule has 0 aliphatic carbocycles. The largest absolute Gasteiger partial charge is 0.444 e. The first-order chi connectivity index (χ1) is 12.2. The summed E-state index contributed by atoms with van der Waals surface area (Å²) in [4.78, 5) is 33.1. The fourth-order valence-electron chi connectivity index (χ4n) is 3.78. The Bertz CT molecular complexity index is 673. The van der Waals surface area contributed by atoms with Crippen LogP contribution in [0.1, 0.15) is 46.5 Å². The van der Waals surface area contributed by atoms with Crippen LogP contribution in [0.2, 0.25) is 0 Å². The minimum Gasteiger partial charge on any atom is -0.444 e. The van der Waals surface area contributed by atoms with Gasteiger partial charge in [0.15, 0.2) is 0 Å². The number of likely N-dealkylation sites (tertiary alicyclic amines) is 1. The van der Waals surface area contributed by atoms with Crippen molar-refractivity contribution in [3.05, 3.63) is 18.3 Å². The molecule has 2 aliphatic rings. The van der Waals surface area contributed by atoms with Crippen LogP contribution >= 0.6 is 0 Å². The normalized spacial score (nSPS) is 20.3. The van der Waals surface area contributed by atoms with Crippen molar-refractivity contribution in [3.63, 3.8) is 0 Å². The number of rotatable bonds is 1. The van der Waals surface area contributed by atoms with Crippen molar-refractivity contribution >= 4 is 23.5 Å². The summed E-state index contributed by atoms with van der Waals surface area (Å²) in [5, 5.41) is 0. The molecule has 0 bridgehead atoms. The van der Waals surface area contributed by atoms with Crippen LogP contribution in [-0.4, -0.2) is 47.1 Å². The number of hydrogen-bond acceptors (Lipinski definition) is 5. The molecule has 0 atom stereocenters. The highest BCUT2D eigenvalue weighted by atomic mass is 16.6. The maximum Gasteiger partial charge on any atom is 0.410 e. The lowest BCUT2D eigenvalue weighted by Gasteiger charge is -2.46. The molecule has 0 saturated carbocycles. The molecule has 1 aromatic rings. The first-order valence-corrected chi connectivity index (χ1v) is 9.22. The number of nitrogens with zero attached hydrogens (tertiary/aromatic N) is 3. The van der Waals surface area contributed by atoms with E-state index in [1.54, 1.807) is 17.2 Å². The Morgan fingerprint density at radius 2 is 1.88 bits per heavy atom. The van der Waals surface area contributed by atoms with E-state index in [0.717, 1.165) is 18.5 Å². The molecule has 142 valence electrons. The Labute approximate surface area is 154 Å². The zero-order valence-corrected chi connectivity index (χ0v) is 15.8. The average Bonchev–Trinajstić information content (AvgIpc) is 2.57. The predicted octanol–water partition coefficient (Wildman–Crippen LogP) is 2.81. The number of nitrogens with two attached hydrogens (primary N) is 1. The van der Waals surface area contributed by atoms with Gasteiger partial charge in [-0.05, 0) is 58.6 Å². The van der Waals surface area contributed by atoms with Gasteiger partial charge in [-0.25, -0.2) is 9.78 Å². The molecule has 2 saturated heterocycles.